The maximum Gasteiger partial charge on any atom is 0.220 e. The fourth-order valence-electron chi connectivity index (χ4n) is 4.46. The minimum atomic E-state index is 0.200. The third-order valence-corrected chi connectivity index (χ3v) is 7.16. The first-order chi connectivity index (χ1) is 15.8. The molecule has 1 aliphatic carbocycles. The molecule has 3 aromatic rings. The third-order valence-electron chi connectivity index (χ3n) is 6.09. The number of thioether (sulfide) groups is 1. The summed E-state index contributed by atoms with van der Waals surface area (Å²) in [5, 5.41) is 4.25. The lowest BCUT2D eigenvalue weighted by atomic mass is 9.95. The largest absolute Gasteiger partial charge is 0.353 e. The van der Waals surface area contributed by atoms with Gasteiger partial charge in [-0.1, -0.05) is 91.7 Å². The predicted molar refractivity (Wildman–Crippen MR) is 134 cm³/mol. The second-order valence-electron chi connectivity index (χ2n) is 8.42. The molecule has 1 saturated carbocycles. The molecule has 32 heavy (non-hydrogen) atoms. The van der Waals surface area contributed by atoms with Gasteiger partial charge in [0.25, 0.3) is 0 Å². The van der Waals surface area contributed by atoms with Gasteiger partial charge in [-0.25, -0.2) is 4.98 Å². The number of carbonyl (C=O) groups excluding carboxylic acids is 1. The summed E-state index contributed by atoms with van der Waals surface area (Å²) >= 11 is 1.76. The van der Waals surface area contributed by atoms with E-state index in [1.807, 2.05) is 12.1 Å². The molecule has 0 spiro atoms. The van der Waals surface area contributed by atoms with E-state index < -0.39 is 0 Å². The first-order valence-electron chi connectivity index (χ1n) is 11.9. The molecule has 5 heteroatoms. The van der Waals surface area contributed by atoms with Gasteiger partial charge in [0.1, 0.15) is 0 Å². The minimum absolute atomic E-state index is 0.200. The summed E-state index contributed by atoms with van der Waals surface area (Å²) < 4.78 is 2.31. The average molecular weight is 448 g/mol. The van der Waals surface area contributed by atoms with Gasteiger partial charge in [-0.15, -0.1) is 0 Å². The Kier molecular flexibility index (Phi) is 8.05. The molecular formula is C27H33N3OS. The highest BCUT2D eigenvalue weighted by Gasteiger charge is 2.20. The number of benzene rings is 2. The number of aromatic nitrogens is 2. The molecule has 0 unspecified atom stereocenters. The zero-order valence-corrected chi connectivity index (χ0v) is 19.7. The molecule has 168 valence electrons. The van der Waals surface area contributed by atoms with E-state index in [1.165, 1.54) is 24.8 Å². The summed E-state index contributed by atoms with van der Waals surface area (Å²) in [4.78, 5) is 17.4. The lowest BCUT2D eigenvalue weighted by molar-refractivity contribution is -0.122. The minimum Gasteiger partial charge on any atom is -0.353 e. The summed E-state index contributed by atoms with van der Waals surface area (Å²) in [6.45, 7) is 3.03. The molecule has 4 rings (SSSR count). The van der Waals surface area contributed by atoms with E-state index in [0.717, 1.165) is 53.7 Å². The van der Waals surface area contributed by atoms with Crippen LogP contribution in [0.15, 0.2) is 65.8 Å². The monoisotopic (exact) mass is 447 g/mol. The van der Waals surface area contributed by atoms with Crippen molar-refractivity contribution in [3.05, 3.63) is 60.7 Å². The Hall–Kier alpha value is -2.53. The number of nitrogens with one attached hydrogen (secondary N) is 1. The number of amides is 1. The van der Waals surface area contributed by atoms with Crippen LogP contribution >= 0.6 is 11.8 Å². The standard InChI is InChI=1S/C27H33N3OS/c1-2-30-26(22-15-8-4-9-16-22)25(21-13-6-3-7-14-21)29-27(30)32-20-12-19-24(31)28-23-17-10-5-11-18-23/h3-4,6-9,13-16,23H,2,5,10-12,17-20H2,1H3,(H,28,31). The van der Waals surface area contributed by atoms with Gasteiger partial charge in [-0.3, -0.25) is 4.79 Å². The van der Waals surface area contributed by atoms with Crippen molar-refractivity contribution in [1.29, 1.82) is 0 Å². The molecule has 1 aromatic heterocycles. The zero-order chi connectivity index (χ0) is 22.2. The van der Waals surface area contributed by atoms with Crippen LogP contribution in [0.25, 0.3) is 22.5 Å². The summed E-state index contributed by atoms with van der Waals surface area (Å²) in [6.07, 6.45) is 7.53. The van der Waals surface area contributed by atoms with Crippen molar-refractivity contribution in [1.82, 2.24) is 14.9 Å². The van der Waals surface area contributed by atoms with Crippen LogP contribution < -0.4 is 5.32 Å². The van der Waals surface area contributed by atoms with Crippen molar-refractivity contribution < 1.29 is 4.79 Å². The second-order valence-corrected chi connectivity index (χ2v) is 9.48. The van der Waals surface area contributed by atoms with Crippen LogP contribution in [0, 0.1) is 0 Å². The van der Waals surface area contributed by atoms with E-state index in [0.29, 0.717) is 12.5 Å². The number of hydrogen-bond donors (Lipinski definition) is 1. The van der Waals surface area contributed by atoms with Gasteiger partial charge < -0.3 is 9.88 Å². The summed E-state index contributed by atoms with van der Waals surface area (Å²) in [6, 6.07) is 21.3. The number of imidazole rings is 1. The molecule has 1 N–H and O–H groups in total. The van der Waals surface area contributed by atoms with Gasteiger partial charge in [0.05, 0.1) is 11.4 Å². The van der Waals surface area contributed by atoms with Crippen molar-refractivity contribution in [3.63, 3.8) is 0 Å². The predicted octanol–water partition coefficient (Wildman–Crippen LogP) is 6.56. The number of nitrogens with zero attached hydrogens (tertiary/aromatic N) is 2. The summed E-state index contributed by atoms with van der Waals surface area (Å²) in [5.74, 6) is 1.09. The summed E-state index contributed by atoms with van der Waals surface area (Å²) in [7, 11) is 0. The molecule has 1 fully saturated rings. The van der Waals surface area contributed by atoms with Crippen molar-refractivity contribution in [2.24, 2.45) is 0 Å². The number of rotatable bonds is 9. The maximum absolute atomic E-state index is 12.3. The molecule has 0 aliphatic heterocycles. The van der Waals surface area contributed by atoms with Gasteiger partial charge in [0.15, 0.2) is 5.16 Å². The smallest absolute Gasteiger partial charge is 0.220 e. The molecule has 1 heterocycles. The average Bonchev–Trinajstić information content (AvgIpc) is 3.22. The molecule has 0 atom stereocenters. The quantitative estimate of drug-likeness (QED) is 0.298. The van der Waals surface area contributed by atoms with Crippen LogP contribution in [0.5, 0.6) is 0 Å². The highest BCUT2D eigenvalue weighted by molar-refractivity contribution is 7.99. The molecule has 1 amide bonds. The Bertz CT molecular complexity index is 995. The third kappa shape index (κ3) is 5.63. The number of carbonyl (C=O) groups is 1. The molecule has 0 radical (unpaired) electrons. The van der Waals surface area contributed by atoms with Gasteiger partial charge in [-0.05, 0) is 26.2 Å². The van der Waals surface area contributed by atoms with E-state index in [4.69, 9.17) is 4.98 Å². The van der Waals surface area contributed by atoms with Crippen LogP contribution in [0.1, 0.15) is 51.9 Å². The lowest BCUT2D eigenvalue weighted by Gasteiger charge is -2.22. The SMILES string of the molecule is CCn1c(SCCCC(=O)NC2CCCCC2)nc(-c2ccccc2)c1-c1ccccc1. The van der Waals surface area contributed by atoms with Gasteiger partial charge in [-0.2, -0.15) is 0 Å². The van der Waals surface area contributed by atoms with Crippen LogP contribution in [-0.4, -0.2) is 27.3 Å². The Morgan fingerprint density at radius 3 is 2.31 bits per heavy atom. The van der Waals surface area contributed by atoms with E-state index in [1.54, 1.807) is 11.8 Å². The molecule has 4 nitrogen and oxygen atoms in total. The Balaban J connectivity index is 1.45. The molecule has 1 aliphatic rings. The Morgan fingerprint density at radius 1 is 1.00 bits per heavy atom. The van der Waals surface area contributed by atoms with Gasteiger partial charge in [0, 0.05) is 35.9 Å². The Morgan fingerprint density at radius 2 is 1.66 bits per heavy atom. The maximum atomic E-state index is 12.3. The van der Waals surface area contributed by atoms with Crippen LogP contribution in [0.3, 0.4) is 0 Å². The lowest BCUT2D eigenvalue weighted by Crippen LogP contribution is -2.36. The van der Waals surface area contributed by atoms with Gasteiger partial charge >= 0.3 is 0 Å². The zero-order valence-electron chi connectivity index (χ0n) is 18.9. The van der Waals surface area contributed by atoms with Crippen LogP contribution in [-0.2, 0) is 11.3 Å². The Labute approximate surface area is 195 Å². The normalized spacial score (nSPS) is 14.4. The fraction of sp³-hybridized carbons (Fsp3) is 0.407. The highest BCUT2D eigenvalue weighted by atomic mass is 32.2. The number of hydrogen-bond acceptors (Lipinski definition) is 3. The first kappa shape index (κ1) is 22.7. The molecule has 0 saturated heterocycles. The van der Waals surface area contributed by atoms with Crippen molar-refractivity contribution in [2.45, 2.75) is 69.6 Å². The molecule has 2 aromatic carbocycles. The van der Waals surface area contributed by atoms with Crippen molar-refractivity contribution in [3.8, 4) is 22.5 Å². The van der Waals surface area contributed by atoms with Crippen LogP contribution in [0.4, 0.5) is 0 Å². The second kappa shape index (κ2) is 11.4. The fourth-order valence-corrected chi connectivity index (χ4v) is 5.47. The highest BCUT2D eigenvalue weighted by Crippen LogP contribution is 2.36. The first-order valence-corrected chi connectivity index (χ1v) is 12.9. The molecule has 0 bridgehead atoms. The molecular weight excluding hydrogens is 414 g/mol. The topological polar surface area (TPSA) is 46.9 Å². The van der Waals surface area contributed by atoms with Crippen molar-refractivity contribution in [2.75, 3.05) is 5.75 Å². The van der Waals surface area contributed by atoms with E-state index in [2.05, 4.69) is 65.3 Å². The van der Waals surface area contributed by atoms with Crippen LogP contribution in [0.2, 0.25) is 0 Å². The summed E-state index contributed by atoms with van der Waals surface area (Å²) in [5.41, 5.74) is 4.50. The van der Waals surface area contributed by atoms with E-state index >= 15 is 0 Å². The van der Waals surface area contributed by atoms with Crippen molar-refractivity contribution >= 4 is 17.7 Å². The van der Waals surface area contributed by atoms with Gasteiger partial charge in [0.2, 0.25) is 5.91 Å². The van der Waals surface area contributed by atoms with E-state index in [9.17, 15) is 4.79 Å². The van der Waals surface area contributed by atoms with E-state index in [-0.39, 0.29) is 5.91 Å².